The largest absolute Gasteiger partial charge is 0.397 e. The minimum Gasteiger partial charge on any atom is -0.397 e. The van der Waals surface area contributed by atoms with E-state index in [1.54, 1.807) is 0 Å². The molecule has 15 heavy (non-hydrogen) atoms. The predicted molar refractivity (Wildman–Crippen MR) is 49.7 cm³/mol. The summed E-state index contributed by atoms with van der Waals surface area (Å²) < 4.78 is 47.0. The summed E-state index contributed by atoms with van der Waals surface area (Å²) in [7, 11) is -4.30. The Morgan fingerprint density at radius 1 is 1.47 bits per heavy atom. The minimum absolute atomic E-state index is 0.281. The van der Waals surface area contributed by atoms with Crippen molar-refractivity contribution in [3.63, 3.8) is 0 Å². The van der Waals surface area contributed by atoms with Crippen LogP contribution in [0, 0.1) is 6.92 Å². The Hall–Kier alpha value is -1.28. The molecular formula is C7H9F2N3O2S. The molecule has 5 nitrogen and oxygen atoms in total. The van der Waals surface area contributed by atoms with Crippen LogP contribution in [0.5, 0.6) is 0 Å². The number of nitrogen functional groups attached to an aromatic ring is 1. The molecular weight excluding hydrogens is 228 g/mol. The van der Waals surface area contributed by atoms with E-state index in [0.29, 0.717) is 0 Å². The number of rotatable bonds is 2. The molecule has 0 aliphatic carbocycles. The van der Waals surface area contributed by atoms with Gasteiger partial charge in [-0.3, -0.25) is 4.98 Å². The van der Waals surface area contributed by atoms with Crippen molar-refractivity contribution in [2.45, 2.75) is 18.2 Å². The molecule has 0 amide bonds. The van der Waals surface area contributed by atoms with Crippen LogP contribution < -0.4 is 10.9 Å². The third-order valence-corrected chi connectivity index (χ3v) is 2.79. The molecule has 84 valence electrons. The van der Waals surface area contributed by atoms with Crippen LogP contribution in [0.1, 0.15) is 17.7 Å². The maximum atomic E-state index is 12.4. The van der Waals surface area contributed by atoms with Gasteiger partial charge in [0, 0.05) is 6.20 Å². The number of aryl methyl sites for hydroxylation is 1. The summed E-state index contributed by atoms with van der Waals surface area (Å²) >= 11 is 0. The summed E-state index contributed by atoms with van der Waals surface area (Å²) in [5.41, 5.74) is 4.45. The fourth-order valence-corrected chi connectivity index (χ4v) is 1.97. The second kappa shape index (κ2) is 3.70. The molecule has 8 heteroatoms. The molecule has 1 aromatic rings. The quantitative estimate of drug-likeness (QED) is 0.784. The van der Waals surface area contributed by atoms with Gasteiger partial charge in [0.25, 0.3) is 6.43 Å². The minimum atomic E-state index is -4.30. The second-order valence-electron chi connectivity index (χ2n) is 2.91. The van der Waals surface area contributed by atoms with Gasteiger partial charge in [-0.05, 0) is 12.5 Å². The van der Waals surface area contributed by atoms with Gasteiger partial charge in [0.05, 0.1) is 5.69 Å². The van der Waals surface area contributed by atoms with Gasteiger partial charge in [-0.1, -0.05) is 0 Å². The van der Waals surface area contributed by atoms with Crippen molar-refractivity contribution in [1.29, 1.82) is 0 Å². The number of primary sulfonamides is 1. The van der Waals surface area contributed by atoms with E-state index in [1.807, 2.05) is 0 Å². The molecule has 0 radical (unpaired) electrons. The van der Waals surface area contributed by atoms with Crippen LogP contribution >= 0.6 is 0 Å². The number of pyridine rings is 1. The highest BCUT2D eigenvalue weighted by atomic mass is 32.2. The number of sulfonamides is 1. The SMILES string of the molecule is Cc1cnc(C(F)F)c(S(N)(=O)=O)c1N. The molecule has 1 aromatic heterocycles. The van der Waals surface area contributed by atoms with Crippen molar-refractivity contribution < 1.29 is 17.2 Å². The maximum absolute atomic E-state index is 12.4. The van der Waals surface area contributed by atoms with E-state index in [-0.39, 0.29) is 11.3 Å². The zero-order chi connectivity index (χ0) is 11.8. The van der Waals surface area contributed by atoms with E-state index in [9.17, 15) is 17.2 Å². The van der Waals surface area contributed by atoms with Crippen molar-refractivity contribution in [3.05, 3.63) is 17.5 Å². The van der Waals surface area contributed by atoms with E-state index in [0.717, 1.165) is 6.20 Å². The summed E-state index contributed by atoms with van der Waals surface area (Å²) in [5, 5.41) is 4.78. The second-order valence-corrected chi connectivity index (χ2v) is 4.41. The van der Waals surface area contributed by atoms with Crippen molar-refractivity contribution in [2.24, 2.45) is 5.14 Å². The van der Waals surface area contributed by atoms with Gasteiger partial charge < -0.3 is 5.73 Å². The Kier molecular flexibility index (Phi) is 2.91. The number of anilines is 1. The van der Waals surface area contributed by atoms with Crippen LogP contribution in [-0.4, -0.2) is 13.4 Å². The number of halogens is 2. The van der Waals surface area contributed by atoms with E-state index in [1.165, 1.54) is 6.92 Å². The Morgan fingerprint density at radius 3 is 2.40 bits per heavy atom. The lowest BCUT2D eigenvalue weighted by molar-refractivity contribution is 0.142. The lowest BCUT2D eigenvalue weighted by Crippen LogP contribution is -2.18. The van der Waals surface area contributed by atoms with Crippen LogP contribution in [0.3, 0.4) is 0 Å². The average molecular weight is 237 g/mol. The van der Waals surface area contributed by atoms with Crippen LogP contribution in [0.25, 0.3) is 0 Å². The van der Waals surface area contributed by atoms with Crippen LogP contribution in [-0.2, 0) is 10.0 Å². The number of nitrogens with two attached hydrogens (primary N) is 2. The molecule has 1 heterocycles. The lowest BCUT2D eigenvalue weighted by atomic mass is 10.2. The zero-order valence-electron chi connectivity index (χ0n) is 7.74. The average Bonchev–Trinajstić information content (AvgIpc) is 2.06. The highest BCUT2D eigenvalue weighted by molar-refractivity contribution is 7.89. The predicted octanol–water partition coefficient (Wildman–Crippen LogP) is 0.557. The van der Waals surface area contributed by atoms with Gasteiger partial charge >= 0.3 is 0 Å². The molecule has 0 saturated carbocycles. The number of hydrogen-bond donors (Lipinski definition) is 2. The van der Waals surface area contributed by atoms with Crippen molar-refractivity contribution in [3.8, 4) is 0 Å². The van der Waals surface area contributed by atoms with Gasteiger partial charge in [-0.15, -0.1) is 0 Å². The lowest BCUT2D eigenvalue weighted by Gasteiger charge is -2.10. The molecule has 0 saturated heterocycles. The molecule has 0 atom stereocenters. The Bertz CT molecular complexity index is 487. The zero-order valence-corrected chi connectivity index (χ0v) is 8.55. The van der Waals surface area contributed by atoms with Gasteiger partial charge in [-0.25, -0.2) is 22.3 Å². The first-order chi connectivity index (χ1) is 6.75. The first-order valence-electron chi connectivity index (χ1n) is 3.81. The normalized spacial score (nSPS) is 12.1. The van der Waals surface area contributed by atoms with E-state index >= 15 is 0 Å². The van der Waals surface area contributed by atoms with E-state index < -0.39 is 27.0 Å². The smallest absolute Gasteiger partial charge is 0.281 e. The number of aromatic nitrogens is 1. The van der Waals surface area contributed by atoms with Crippen molar-refractivity contribution >= 4 is 15.7 Å². The Morgan fingerprint density at radius 2 is 2.00 bits per heavy atom. The monoisotopic (exact) mass is 237 g/mol. The first-order valence-corrected chi connectivity index (χ1v) is 5.35. The summed E-state index contributed by atoms with van der Waals surface area (Å²) in [4.78, 5) is 2.52. The molecule has 0 aliphatic rings. The van der Waals surface area contributed by atoms with Crippen molar-refractivity contribution in [1.82, 2.24) is 4.98 Å². The highest BCUT2D eigenvalue weighted by Crippen LogP contribution is 2.29. The standard InChI is InChI=1S/C7H9F2N3O2S/c1-3-2-12-5(7(8)9)6(4(3)10)15(11,13)14/h2,7H,1H3,(H2,10,12)(H2,11,13,14). The number of alkyl halides is 2. The summed E-state index contributed by atoms with van der Waals surface area (Å²) in [6, 6.07) is 0. The molecule has 0 fully saturated rings. The fraction of sp³-hybridized carbons (Fsp3) is 0.286. The van der Waals surface area contributed by atoms with Gasteiger partial charge in [0.15, 0.2) is 0 Å². The third-order valence-electron chi connectivity index (χ3n) is 1.79. The molecule has 0 spiro atoms. The van der Waals surface area contributed by atoms with Gasteiger partial charge in [0.2, 0.25) is 10.0 Å². The topological polar surface area (TPSA) is 99.1 Å². The Labute approximate surface area is 85.2 Å². The molecule has 0 aliphatic heterocycles. The van der Waals surface area contributed by atoms with Gasteiger partial charge in [-0.2, -0.15) is 0 Å². The Balaban J connectivity index is 3.65. The number of nitrogens with zero attached hydrogens (tertiary/aromatic N) is 1. The fourth-order valence-electron chi connectivity index (χ4n) is 1.07. The van der Waals surface area contributed by atoms with Crippen molar-refractivity contribution in [2.75, 3.05) is 5.73 Å². The molecule has 4 N–H and O–H groups in total. The highest BCUT2D eigenvalue weighted by Gasteiger charge is 2.25. The van der Waals surface area contributed by atoms with Crippen LogP contribution in [0.4, 0.5) is 14.5 Å². The summed E-state index contributed by atoms with van der Waals surface area (Å²) in [6.07, 6.45) is -1.97. The maximum Gasteiger partial charge on any atom is 0.281 e. The van der Waals surface area contributed by atoms with Gasteiger partial charge in [0.1, 0.15) is 10.6 Å². The van der Waals surface area contributed by atoms with Crippen LogP contribution in [0.15, 0.2) is 11.1 Å². The molecule has 0 aromatic carbocycles. The summed E-state index contributed by atoms with van der Waals surface area (Å²) in [5.74, 6) is 0. The van der Waals surface area contributed by atoms with E-state index in [2.05, 4.69) is 4.98 Å². The molecule has 1 rings (SSSR count). The van der Waals surface area contributed by atoms with E-state index in [4.69, 9.17) is 10.9 Å². The molecule has 0 bridgehead atoms. The first kappa shape index (κ1) is 11.8. The van der Waals surface area contributed by atoms with Crippen LogP contribution in [0.2, 0.25) is 0 Å². The number of hydrogen-bond acceptors (Lipinski definition) is 4. The third kappa shape index (κ3) is 2.21. The summed E-state index contributed by atoms with van der Waals surface area (Å²) in [6.45, 7) is 1.45. The molecule has 0 unspecified atom stereocenters.